The molecule has 0 unspecified atom stereocenters. The maximum atomic E-state index is 13.5. The summed E-state index contributed by atoms with van der Waals surface area (Å²) in [6.07, 6.45) is 1.38. The van der Waals surface area contributed by atoms with E-state index in [1.54, 1.807) is 12.1 Å². The molecule has 0 aliphatic heterocycles. The van der Waals surface area contributed by atoms with Gasteiger partial charge < -0.3 is 10.1 Å². The van der Waals surface area contributed by atoms with Crippen molar-refractivity contribution in [1.29, 1.82) is 0 Å². The Balaban J connectivity index is 2.21. The van der Waals surface area contributed by atoms with Crippen molar-refractivity contribution in [3.8, 4) is 0 Å². The van der Waals surface area contributed by atoms with Crippen LogP contribution in [0.2, 0.25) is 0 Å². The molecule has 0 spiro atoms. The molecule has 0 aliphatic rings. The first-order valence-electron chi connectivity index (χ1n) is 4.86. The number of nitrogens with one attached hydrogen (secondary N) is 1. The summed E-state index contributed by atoms with van der Waals surface area (Å²) in [5.41, 5.74) is 0.287. The number of anilines is 2. The largest absolute Gasteiger partial charge is 0.465 e. The Hall–Kier alpha value is -1.47. The third-order valence-corrected chi connectivity index (χ3v) is 3.45. The number of carbonyl (C=O) groups excluding carboxylic acids is 1. The average Bonchev–Trinajstić information content (AvgIpc) is 2.81. The van der Waals surface area contributed by atoms with E-state index in [1.165, 1.54) is 19.4 Å². The van der Waals surface area contributed by atoms with Crippen molar-refractivity contribution in [2.45, 2.75) is 0 Å². The SMILES string of the molecule is COC(=O)c1cnc(Nc2cc(Br)ccc2F)s1. The molecule has 0 aliphatic carbocycles. The van der Waals surface area contributed by atoms with E-state index >= 15 is 0 Å². The number of halogens is 2. The third-order valence-electron chi connectivity index (χ3n) is 2.06. The summed E-state index contributed by atoms with van der Waals surface area (Å²) in [5, 5.41) is 3.23. The van der Waals surface area contributed by atoms with Gasteiger partial charge in [0.1, 0.15) is 10.7 Å². The predicted molar refractivity (Wildman–Crippen MR) is 70.8 cm³/mol. The minimum absolute atomic E-state index is 0.287. The van der Waals surface area contributed by atoms with Gasteiger partial charge in [0, 0.05) is 4.47 Å². The molecule has 0 fully saturated rings. The fraction of sp³-hybridized carbons (Fsp3) is 0.0909. The van der Waals surface area contributed by atoms with Crippen LogP contribution in [0.15, 0.2) is 28.9 Å². The number of ether oxygens (including phenoxy) is 1. The molecule has 2 rings (SSSR count). The first-order chi connectivity index (χ1) is 8.60. The van der Waals surface area contributed by atoms with Crippen LogP contribution >= 0.6 is 27.3 Å². The zero-order valence-corrected chi connectivity index (χ0v) is 11.6. The van der Waals surface area contributed by atoms with E-state index in [2.05, 4.69) is 31.0 Å². The molecule has 1 aromatic carbocycles. The maximum Gasteiger partial charge on any atom is 0.349 e. The highest BCUT2D eigenvalue weighted by Crippen LogP contribution is 2.26. The predicted octanol–water partition coefficient (Wildman–Crippen LogP) is 3.57. The molecule has 0 saturated heterocycles. The maximum absolute atomic E-state index is 13.5. The highest BCUT2D eigenvalue weighted by Gasteiger charge is 2.11. The zero-order chi connectivity index (χ0) is 13.1. The van der Waals surface area contributed by atoms with Gasteiger partial charge in [0.05, 0.1) is 19.0 Å². The number of benzene rings is 1. The van der Waals surface area contributed by atoms with Gasteiger partial charge in [0.15, 0.2) is 5.13 Å². The van der Waals surface area contributed by atoms with Crippen LogP contribution in [0.4, 0.5) is 15.2 Å². The molecule has 0 amide bonds. The molecule has 2 aromatic rings. The first kappa shape index (κ1) is 13.0. The van der Waals surface area contributed by atoms with Crippen molar-refractivity contribution in [3.63, 3.8) is 0 Å². The topological polar surface area (TPSA) is 51.2 Å². The van der Waals surface area contributed by atoms with Gasteiger partial charge in [-0.1, -0.05) is 27.3 Å². The van der Waals surface area contributed by atoms with E-state index in [4.69, 9.17) is 0 Å². The lowest BCUT2D eigenvalue weighted by molar-refractivity contribution is 0.0606. The molecule has 1 N–H and O–H groups in total. The molecule has 1 aromatic heterocycles. The van der Waals surface area contributed by atoms with E-state index < -0.39 is 11.8 Å². The van der Waals surface area contributed by atoms with Crippen molar-refractivity contribution >= 4 is 44.1 Å². The van der Waals surface area contributed by atoms with Crippen LogP contribution in [-0.2, 0) is 4.74 Å². The van der Waals surface area contributed by atoms with Crippen molar-refractivity contribution in [1.82, 2.24) is 4.98 Å². The number of hydrogen-bond acceptors (Lipinski definition) is 5. The monoisotopic (exact) mass is 330 g/mol. The standard InChI is InChI=1S/C11H8BrFN2O2S/c1-17-10(16)9-5-14-11(18-9)15-8-4-6(12)2-3-7(8)13/h2-5H,1H3,(H,14,15). The van der Waals surface area contributed by atoms with E-state index in [0.29, 0.717) is 10.0 Å². The van der Waals surface area contributed by atoms with E-state index in [-0.39, 0.29) is 5.69 Å². The number of carbonyl (C=O) groups is 1. The van der Waals surface area contributed by atoms with Crippen molar-refractivity contribution in [2.24, 2.45) is 0 Å². The lowest BCUT2D eigenvalue weighted by Gasteiger charge is -2.04. The summed E-state index contributed by atoms with van der Waals surface area (Å²) < 4.78 is 18.8. The van der Waals surface area contributed by atoms with Crippen LogP contribution < -0.4 is 5.32 Å². The van der Waals surface area contributed by atoms with Gasteiger partial charge in [-0.2, -0.15) is 0 Å². The Morgan fingerprint density at radius 2 is 2.33 bits per heavy atom. The highest BCUT2D eigenvalue weighted by atomic mass is 79.9. The Morgan fingerprint density at radius 1 is 1.56 bits per heavy atom. The number of esters is 1. The third kappa shape index (κ3) is 2.85. The number of hydrogen-bond donors (Lipinski definition) is 1. The summed E-state index contributed by atoms with van der Waals surface area (Å²) in [4.78, 5) is 15.6. The lowest BCUT2D eigenvalue weighted by Crippen LogP contribution is -1.96. The van der Waals surface area contributed by atoms with Crippen LogP contribution in [0.25, 0.3) is 0 Å². The molecule has 0 saturated carbocycles. The number of nitrogens with zero attached hydrogens (tertiary/aromatic N) is 1. The average molecular weight is 331 g/mol. The molecule has 0 atom stereocenters. The Morgan fingerprint density at radius 3 is 3.06 bits per heavy atom. The fourth-order valence-electron chi connectivity index (χ4n) is 1.24. The summed E-state index contributed by atoms with van der Waals surface area (Å²) in [5.74, 6) is -0.858. The fourth-order valence-corrected chi connectivity index (χ4v) is 2.34. The van der Waals surface area contributed by atoms with Crippen LogP contribution in [0.1, 0.15) is 9.67 Å². The van der Waals surface area contributed by atoms with Crippen LogP contribution in [-0.4, -0.2) is 18.1 Å². The molecular weight excluding hydrogens is 323 g/mol. The second-order valence-electron chi connectivity index (χ2n) is 3.27. The van der Waals surface area contributed by atoms with Crippen LogP contribution in [0, 0.1) is 5.82 Å². The van der Waals surface area contributed by atoms with Crippen molar-refractivity contribution in [2.75, 3.05) is 12.4 Å². The molecular formula is C11H8BrFN2O2S. The van der Waals surface area contributed by atoms with Gasteiger partial charge in [-0.15, -0.1) is 0 Å². The van der Waals surface area contributed by atoms with E-state index in [9.17, 15) is 9.18 Å². The quantitative estimate of drug-likeness (QED) is 0.874. The molecule has 7 heteroatoms. The van der Waals surface area contributed by atoms with Crippen LogP contribution in [0.5, 0.6) is 0 Å². The zero-order valence-electron chi connectivity index (χ0n) is 9.24. The van der Waals surface area contributed by atoms with E-state index in [0.717, 1.165) is 15.8 Å². The molecule has 4 nitrogen and oxygen atoms in total. The Labute approximate surface area is 115 Å². The lowest BCUT2D eigenvalue weighted by atomic mass is 10.3. The van der Waals surface area contributed by atoms with Crippen molar-refractivity contribution < 1.29 is 13.9 Å². The highest BCUT2D eigenvalue weighted by molar-refractivity contribution is 9.10. The first-order valence-corrected chi connectivity index (χ1v) is 6.47. The molecule has 0 bridgehead atoms. The summed E-state index contributed by atoms with van der Waals surface area (Å²) >= 11 is 4.35. The second kappa shape index (κ2) is 5.45. The number of methoxy groups -OCH3 is 1. The summed E-state index contributed by atoms with van der Waals surface area (Å²) in [6, 6.07) is 4.53. The normalized spacial score (nSPS) is 10.2. The van der Waals surface area contributed by atoms with Gasteiger partial charge in [0.25, 0.3) is 0 Å². The van der Waals surface area contributed by atoms with Gasteiger partial charge >= 0.3 is 5.97 Å². The number of thiazole rings is 1. The summed E-state index contributed by atoms with van der Waals surface area (Å²) in [7, 11) is 1.29. The second-order valence-corrected chi connectivity index (χ2v) is 5.22. The molecule has 0 radical (unpaired) electrons. The van der Waals surface area contributed by atoms with Gasteiger partial charge in [-0.3, -0.25) is 0 Å². The van der Waals surface area contributed by atoms with Crippen LogP contribution in [0.3, 0.4) is 0 Å². The minimum Gasteiger partial charge on any atom is -0.465 e. The molecule has 18 heavy (non-hydrogen) atoms. The Kier molecular flexibility index (Phi) is 3.93. The van der Waals surface area contributed by atoms with Crippen molar-refractivity contribution in [3.05, 3.63) is 39.6 Å². The van der Waals surface area contributed by atoms with Gasteiger partial charge in [-0.25, -0.2) is 14.2 Å². The molecule has 94 valence electrons. The summed E-state index contributed by atoms with van der Waals surface area (Å²) in [6.45, 7) is 0. The van der Waals surface area contributed by atoms with Gasteiger partial charge in [-0.05, 0) is 18.2 Å². The van der Waals surface area contributed by atoms with Gasteiger partial charge in [0.2, 0.25) is 0 Å². The minimum atomic E-state index is -0.463. The number of rotatable bonds is 3. The van der Waals surface area contributed by atoms with E-state index in [1.807, 2.05) is 0 Å². The Bertz CT molecular complexity index is 588. The molecule has 1 heterocycles. The number of aromatic nitrogens is 1. The smallest absolute Gasteiger partial charge is 0.349 e.